The molecule has 4 nitrogen and oxygen atoms in total. The van der Waals surface area contributed by atoms with E-state index in [1.54, 1.807) is 6.33 Å². The van der Waals surface area contributed by atoms with E-state index in [2.05, 4.69) is 42.7 Å². The molecule has 1 aromatic heterocycles. The molecule has 2 aliphatic heterocycles. The Labute approximate surface area is 110 Å². The van der Waals surface area contributed by atoms with Crippen molar-refractivity contribution in [1.29, 1.82) is 0 Å². The SMILES string of the molecule is CN1C2CCC1CN(c1cc(Br)ncn1)CC2. The number of likely N-dealkylation sites (N-methyl/N-ethyl adjacent to an activating group) is 1. The number of halogens is 1. The van der Waals surface area contributed by atoms with Gasteiger partial charge in [-0.05, 0) is 42.2 Å². The molecule has 92 valence electrons. The highest BCUT2D eigenvalue weighted by molar-refractivity contribution is 9.10. The van der Waals surface area contributed by atoms with E-state index in [1.807, 2.05) is 6.07 Å². The molecule has 0 amide bonds. The van der Waals surface area contributed by atoms with Gasteiger partial charge in [-0.2, -0.15) is 0 Å². The van der Waals surface area contributed by atoms with Gasteiger partial charge < -0.3 is 4.90 Å². The van der Waals surface area contributed by atoms with Gasteiger partial charge in [-0.1, -0.05) is 0 Å². The second kappa shape index (κ2) is 4.53. The number of fused-ring (bicyclic) bond motifs is 2. The molecule has 0 aromatic carbocycles. The number of hydrogen-bond donors (Lipinski definition) is 0. The number of rotatable bonds is 1. The predicted molar refractivity (Wildman–Crippen MR) is 71.1 cm³/mol. The van der Waals surface area contributed by atoms with Crippen LogP contribution < -0.4 is 4.90 Å². The zero-order valence-corrected chi connectivity index (χ0v) is 11.6. The van der Waals surface area contributed by atoms with Crippen LogP contribution in [0, 0.1) is 0 Å². The molecule has 2 aliphatic rings. The largest absolute Gasteiger partial charge is 0.355 e. The van der Waals surface area contributed by atoms with Gasteiger partial charge in [0.1, 0.15) is 16.7 Å². The zero-order chi connectivity index (χ0) is 11.8. The highest BCUT2D eigenvalue weighted by Crippen LogP contribution is 2.30. The minimum absolute atomic E-state index is 0.691. The van der Waals surface area contributed by atoms with Gasteiger partial charge in [0.25, 0.3) is 0 Å². The summed E-state index contributed by atoms with van der Waals surface area (Å²) in [5, 5.41) is 0. The molecule has 0 N–H and O–H groups in total. The van der Waals surface area contributed by atoms with Crippen molar-refractivity contribution in [3.8, 4) is 0 Å². The number of hydrogen-bond acceptors (Lipinski definition) is 4. The van der Waals surface area contributed by atoms with Crippen molar-refractivity contribution in [3.63, 3.8) is 0 Å². The first-order valence-electron chi connectivity index (χ1n) is 6.18. The smallest absolute Gasteiger partial charge is 0.133 e. The van der Waals surface area contributed by atoms with Gasteiger partial charge in [0, 0.05) is 31.2 Å². The van der Waals surface area contributed by atoms with Crippen molar-refractivity contribution in [1.82, 2.24) is 14.9 Å². The van der Waals surface area contributed by atoms with Crippen LogP contribution in [0.3, 0.4) is 0 Å². The lowest BCUT2D eigenvalue weighted by Crippen LogP contribution is -2.36. The lowest BCUT2D eigenvalue weighted by atomic mass is 10.1. The Morgan fingerprint density at radius 3 is 2.88 bits per heavy atom. The van der Waals surface area contributed by atoms with Crippen molar-refractivity contribution in [2.45, 2.75) is 31.3 Å². The molecule has 2 bridgehead atoms. The maximum Gasteiger partial charge on any atom is 0.133 e. The maximum atomic E-state index is 4.38. The Morgan fingerprint density at radius 2 is 2.06 bits per heavy atom. The topological polar surface area (TPSA) is 32.3 Å². The van der Waals surface area contributed by atoms with Crippen LogP contribution in [0.2, 0.25) is 0 Å². The molecule has 5 heteroatoms. The first-order chi connectivity index (χ1) is 8.24. The number of aromatic nitrogens is 2. The molecular weight excluding hydrogens is 280 g/mol. The molecule has 2 unspecified atom stereocenters. The average Bonchev–Trinajstić information content (AvgIpc) is 2.53. The Balaban J connectivity index is 1.81. The van der Waals surface area contributed by atoms with E-state index in [4.69, 9.17) is 0 Å². The summed E-state index contributed by atoms with van der Waals surface area (Å²) in [6.07, 6.45) is 5.56. The molecule has 3 heterocycles. The third-order valence-electron chi connectivity index (χ3n) is 4.09. The van der Waals surface area contributed by atoms with Gasteiger partial charge >= 0.3 is 0 Å². The van der Waals surface area contributed by atoms with Crippen LogP contribution in [-0.4, -0.2) is 47.1 Å². The maximum absolute atomic E-state index is 4.38. The molecule has 2 fully saturated rings. The highest BCUT2D eigenvalue weighted by atomic mass is 79.9. The van der Waals surface area contributed by atoms with Crippen LogP contribution in [0.1, 0.15) is 19.3 Å². The summed E-state index contributed by atoms with van der Waals surface area (Å²) in [6, 6.07) is 3.48. The first kappa shape index (κ1) is 11.4. The molecule has 3 rings (SSSR count). The standard InChI is InChI=1S/C12H17BrN4/c1-16-9-2-3-10(16)7-17(5-4-9)12-6-11(13)14-8-15-12/h6,8-10H,2-5,7H2,1H3. The fraction of sp³-hybridized carbons (Fsp3) is 0.667. The van der Waals surface area contributed by atoms with E-state index in [0.717, 1.165) is 29.6 Å². The Hall–Kier alpha value is -0.680. The van der Waals surface area contributed by atoms with Crippen LogP contribution >= 0.6 is 15.9 Å². The Kier molecular flexibility index (Phi) is 3.04. The molecule has 0 aliphatic carbocycles. The highest BCUT2D eigenvalue weighted by Gasteiger charge is 2.34. The van der Waals surface area contributed by atoms with Crippen LogP contribution in [-0.2, 0) is 0 Å². The van der Waals surface area contributed by atoms with Gasteiger partial charge in [-0.3, -0.25) is 4.90 Å². The van der Waals surface area contributed by atoms with Crippen molar-refractivity contribution in [3.05, 3.63) is 17.0 Å². The van der Waals surface area contributed by atoms with E-state index in [1.165, 1.54) is 19.3 Å². The van der Waals surface area contributed by atoms with E-state index in [9.17, 15) is 0 Å². The molecule has 2 saturated heterocycles. The first-order valence-corrected chi connectivity index (χ1v) is 6.98. The van der Waals surface area contributed by atoms with E-state index >= 15 is 0 Å². The quantitative estimate of drug-likeness (QED) is 0.741. The van der Waals surface area contributed by atoms with Crippen molar-refractivity contribution in [2.24, 2.45) is 0 Å². The minimum Gasteiger partial charge on any atom is -0.355 e. The van der Waals surface area contributed by atoms with Crippen molar-refractivity contribution < 1.29 is 0 Å². The molecule has 1 aromatic rings. The lowest BCUT2D eigenvalue weighted by Gasteiger charge is -2.26. The predicted octanol–water partition coefficient (Wildman–Crippen LogP) is 1.91. The summed E-state index contributed by atoms with van der Waals surface area (Å²) in [4.78, 5) is 13.4. The second-order valence-corrected chi connectivity index (χ2v) is 5.80. The summed E-state index contributed by atoms with van der Waals surface area (Å²) in [5.41, 5.74) is 0. The van der Waals surface area contributed by atoms with E-state index in [-0.39, 0.29) is 0 Å². The monoisotopic (exact) mass is 296 g/mol. The van der Waals surface area contributed by atoms with Gasteiger partial charge in [-0.25, -0.2) is 9.97 Å². The Morgan fingerprint density at radius 1 is 1.24 bits per heavy atom. The molecule has 0 spiro atoms. The van der Waals surface area contributed by atoms with Crippen LogP contribution in [0.15, 0.2) is 17.0 Å². The van der Waals surface area contributed by atoms with Crippen molar-refractivity contribution >= 4 is 21.7 Å². The third-order valence-corrected chi connectivity index (χ3v) is 4.53. The minimum atomic E-state index is 0.691. The van der Waals surface area contributed by atoms with Crippen LogP contribution in [0.25, 0.3) is 0 Å². The fourth-order valence-corrected chi connectivity index (χ4v) is 3.31. The second-order valence-electron chi connectivity index (χ2n) is 4.98. The van der Waals surface area contributed by atoms with Gasteiger partial charge in [-0.15, -0.1) is 0 Å². The lowest BCUT2D eigenvalue weighted by molar-refractivity contribution is 0.254. The van der Waals surface area contributed by atoms with Gasteiger partial charge in [0.2, 0.25) is 0 Å². The van der Waals surface area contributed by atoms with Gasteiger partial charge in [0.15, 0.2) is 0 Å². The Bertz CT molecular complexity index is 411. The van der Waals surface area contributed by atoms with Crippen LogP contribution in [0.5, 0.6) is 0 Å². The molecule has 2 atom stereocenters. The summed E-state index contributed by atoms with van der Waals surface area (Å²) >= 11 is 3.41. The zero-order valence-electron chi connectivity index (χ0n) is 10.0. The normalized spacial score (nSPS) is 29.4. The number of anilines is 1. The molecule has 0 saturated carbocycles. The summed E-state index contributed by atoms with van der Waals surface area (Å²) in [5.74, 6) is 1.05. The van der Waals surface area contributed by atoms with Crippen molar-refractivity contribution in [2.75, 3.05) is 25.0 Å². The fourth-order valence-electron chi connectivity index (χ4n) is 3.01. The summed E-state index contributed by atoms with van der Waals surface area (Å²) < 4.78 is 0.866. The average molecular weight is 297 g/mol. The summed E-state index contributed by atoms with van der Waals surface area (Å²) in [6.45, 7) is 2.20. The van der Waals surface area contributed by atoms with E-state index < -0.39 is 0 Å². The summed E-state index contributed by atoms with van der Waals surface area (Å²) in [7, 11) is 2.27. The van der Waals surface area contributed by atoms with E-state index in [0.29, 0.717) is 6.04 Å². The molecule has 0 radical (unpaired) electrons. The molecule has 17 heavy (non-hydrogen) atoms. The third kappa shape index (κ3) is 2.18. The van der Waals surface area contributed by atoms with Crippen LogP contribution in [0.4, 0.5) is 5.82 Å². The number of nitrogens with zero attached hydrogens (tertiary/aromatic N) is 4. The van der Waals surface area contributed by atoms with Gasteiger partial charge in [0.05, 0.1) is 0 Å². The molecular formula is C12H17BrN4.